The number of likely N-dealkylation sites (N-methyl/N-ethyl adjacent to an activating group) is 1. The Bertz CT molecular complexity index is 298. The van der Waals surface area contributed by atoms with E-state index >= 15 is 0 Å². The van der Waals surface area contributed by atoms with Crippen molar-refractivity contribution in [2.75, 3.05) is 33.4 Å². The number of hydrogen-bond acceptors (Lipinski definition) is 3. The molecule has 90 valence electrons. The monoisotopic (exact) mass is 236 g/mol. The molecule has 0 radical (unpaired) electrons. The second-order valence-corrected chi connectivity index (χ2v) is 5.72. The predicted molar refractivity (Wildman–Crippen MR) is 60.0 cm³/mol. The van der Waals surface area contributed by atoms with Crippen LogP contribution in [0.1, 0.15) is 19.8 Å². The van der Waals surface area contributed by atoms with Crippen molar-refractivity contribution >= 4 is 15.9 Å². The van der Waals surface area contributed by atoms with Crippen LogP contribution in [0.4, 0.5) is 0 Å². The minimum absolute atomic E-state index is 0.0637. The summed E-state index contributed by atoms with van der Waals surface area (Å²) in [4.78, 5) is 12.8. The van der Waals surface area contributed by atoms with Gasteiger partial charge < -0.3 is 4.90 Å². The third kappa shape index (κ3) is 5.74. The normalized spacial score (nSPS) is 11.8. The standard InChI is InChI=1S/C9H20N2O3S/c1-5-6-7-11(15(4,13)14)8-9(12)10(2)3/h5-8H2,1-4H3. The highest BCUT2D eigenvalue weighted by Crippen LogP contribution is 2.02. The van der Waals surface area contributed by atoms with Gasteiger partial charge in [0.25, 0.3) is 0 Å². The Hall–Kier alpha value is -0.620. The van der Waals surface area contributed by atoms with Crippen LogP contribution in [0.5, 0.6) is 0 Å². The molecule has 0 N–H and O–H groups in total. The second-order valence-electron chi connectivity index (χ2n) is 3.74. The van der Waals surface area contributed by atoms with E-state index in [0.717, 1.165) is 19.1 Å². The van der Waals surface area contributed by atoms with Crippen LogP contribution < -0.4 is 0 Å². The number of sulfonamides is 1. The molecule has 0 aliphatic heterocycles. The van der Waals surface area contributed by atoms with E-state index in [-0.39, 0.29) is 12.5 Å². The van der Waals surface area contributed by atoms with Crippen LogP contribution in [0.2, 0.25) is 0 Å². The van der Waals surface area contributed by atoms with E-state index in [2.05, 4.69) is 0 Å². The summed E-state index contributed by atoms with van der Waals surface area (Å²) < 4.78 is 23.9. The van der Waals surface area contributed by atoms with Gasteiger partial charge in [-0.05, 0) is 6.42 Å². The number of unbranched alkanes of at least 4 members (excludes halogenated alkanes) is 1. The largest absolute Gasteiger partial charge is 0.348 e. The van der Waals surface area contributed by atoms with Gasteiger partial charge in [0.05, 0.1) is 12.8 Å². The molecule has 0 atom stereocenters. The molecular weight excluding hydrogens is 216 g/mol. The van der Waals surface area contributed by atoms with Crippen LogP contribution in [0.15, 0.2) is 0 Å². The molecule has 6 heteroatoms. The Labute approximate surface area is 92.1 Å². The van der Waals surface area contributed by atoms with Crippen molar-refractivity contribution in [2.24, 2.45) is 0 Å². The van der Waals surface area contributed by atoms with Gasteiger partial charge >= 0.3 is 0 Å². The van der Waals surface area contributed by atoms with Crippen LogP contribution in [0, 0.1) is 0 Å². The van der Waals surface area contributed by atoms with E-state index in [1.807, 2.05) is 6.92 Å². The number of nitrogens with zero attached hydrogens (tertiary/aromatic N) is 2. The number of rotatable bonds is 6. The molecule has 0 unspecified atom stereocenters. The molecule has 0 heterocycles. The Morgan fingerprint density at radius 2 is 1.80 bits per heavy atom. The van der Waals surface area contributed by atoms with Crippen LogP contribution >= 0.6 is 0 Å². The minimum atomic E-state index is -3.28. The zero-order chi connectivity index (χ0) is 12.1. The molecule has 0 fully saturated rings. The number of amides is 1. The number of carbonyl (C=O) groups is 1. The lowest BCUT2D eigenvalue weighted by atomic mass is 10.3. The van der Waals surface area contributed by atoms with Crippen LogP contribution in [-0.2, 0) is 14.8 Å². The first-order chi connectivity index (χ1) is 6.79. The molecule has 0 aliphatic rings. The van der Waals surface area contributed by atoms with Crippen molar-refractivity contribution in [3.05, 3.63) is 0 Å². The average molecular weight is 236 g/mol. The number of carbonyl (C=O) groups excluding carboxylic acids is 1. The Morgan fingerprint density at radius 1 is 1.27 bits per heavy atom. The molecule has 0 saturated carbocycles. The van der Waals surface area contributed by atoms with E-state index in [4.69, 9.17) is 0 Å². The topological polar surface area (TPSA) is 57.7 Å². The zero-order valence-corrected chi connectivity index (χ0v) is 10.7. The van der Waals surface area contributed by atoms with Crippen molar-refractivity contribution < 1.29 is 13.2 Å². The van der Waals surface area contributed by atoms with E-state index in [9.17, 15) is 13.2 Å². The molecule has 1 amide bonds. The lowest BCUT2D eigenvalue weighted by Crippen LogP contribution is -2.40. The van der Waals surface area contributed by atoms with Gasteiger partial charge in [-0.15, -0.1) is 0 Å². The lowest BCUT2D eigenvalue weighted by Gasteiger charge is -2.21. The van der Waals surface area contributed by atoms with E-state index in [1.54, 1.807) is 14.1 Å². The summed E-state index contributed by atoms with van der Waals surface area (Å²) in [6, 6.07) is 0. The highest BCUT2D eigenvalue weighted by Gasteiger charge is 2.19. The quantitative estimate of drug-likeness (QED) is 0.659. The van der Waals surface area contributed by atoms with Gasteiger partial charge in [0, 0.05) is 20.6 Å². The van der Waals surface area contributed by atoms with Gasteiger partial charge in [0.2, 0.25) is 15.9 Å². The van der Waals surface area contributed by atoms with Gasteiger partial charge in [0.15, 0.2) is 0 Å². The van der Waals surface area contributed by atoms with Crippen LogP contribution in [0.3, 0.4) is 0 Å². The summed E-state index contributed by atoms with van der Waals surface area (Å²) in [6.07, 6.45) is 2.81. The fourth-order valence-electron chi connectivity index (χ4n) is 0.989. The zero-order valence-electron chi connectivity index (χ0n) is 9.86. The summed E-state index contributed by atoms with van der Waals surface area (Å²) in [7, 11) is -0.0525. The van der Waals surface area contributed by atoms with Crippen molar-refractivity contribution in [3.8, 4) is 0 Å². The van der Waals surface area contributed by atoms with Gasteiger partial charge in [-0.1, -0.05) is 13.3 Å². The lowest BCUT2D eigenvalue weighted by molar-refractivity contribution is -0.128. The highest BCUT2D eigenvalue weighted by molar-refractivity contribution is 7.88. The second kappa shape index (κ2) is 6.07. The molecule has 0 rings (SSSR count). The van der Waals surface area contributed by atoms with Crippen molar-refractivity contribution in [1.82, 2.24) is 9.21 Å². The summed E-state index contributed by atoms with van der Waals surface area (Å²) >= 11 is 0. The van der Waals surface area contributed by atoms with Crippen molar-refractivity contribution in [3.63, 3.8) is 0 Å². The SMILES string of the molecule is CCCCN(CC(=O)N(C)C)S(C)(=O)=O. The smallest absolute Gasteiger partial charge is 0.237 e. The average Bonchev–Trinajstić information content (AvgIpc) is 2.09. The maximum Gasteiger partial charge on any atom is 0.237 e. The summed E-state index contributed by atoms with van der Waals surface area (Å²) in [5.41, 5.74) is 0. The third-order valence-electron chi connectivity index (χ3n) is 2.04. The predicted octanol–water partition coefficient (Wildman–Crippen LogP) is 0.136. The van der Waals surface area contributed by atoms with E-state index < -0.39 is 10.0 Å². The molecule has 0 aromatic rings. The minimum Gasteiger partial charge on any atom is -0.348 e. The van der Waals surface area contributed by atoms with Crippen molar-refractivity contribution in [1.29, 1.82) is 0 Å². The van der Waals surface area contributed by atoms with Crippen molar-refractivity contribution in [2.45, 2.75) is 19.8 Å². The first kappa shape index (κ1) is 14.4. The van der Waals surface area contributed by atoms with Gasteiger partial charge in [-0.3, -0.25) is 4.79 Å². The Kier molecular flexibility index (Phi) is 5.82. The summed E-state index contributed by atoms with van der Waals surface area (Å²) in [6.45, 7) is 2.33. The molecule has 0 aliphatic carbocycles. The summed E-state index contributed by atoms with van der Waals surface area (Å²) in [5.74, 6) is -0.198. The maximum atomic E-state index is 11.4. The molecule has 0 aromatic heterocycles. The molecule has 5 nitrogen and oxygen atoms in total. The van der Waals surface area contributed by atoms with Crippen LogP contribution in [-0.4, -0.2) is 57.0 Å². The Balaban J connectivity index is 4.46. The molecule has 0 bridgehead atoms. The van der Waals surface area contributed by atoms with Gasteiger partial charge in [0.1, 0.15) is 0 Å². The first-order valence-corrected chi connectivity index (χ1v) is 6.79. The third-order valence-corrected chi connectivity index (χ3v) is 3.29. The fourth-order valence-corrected chi connectivity index (χ4v) is 1.79. The highest BCUT2D eigenvalue weighted by atomic mass is 32.2. The summed E-state index contributed by atoms with van der Waals surface area (Å²) in [5, 5.41) is 0. The number of hydrogen-bond donors (Lipinski definition) is 0. The molecule has 0 aromatic carbocycles. The molecule has 0 spiro atoms. The first-order valence-electron chi connectivity index (χ1n) is 4.94. The van der Waals surface area contributed by atoms with Crippen LogP contribution in [0.25, 0.3) is 0 Å². The van der Waals surface area contributed by atoms with E-state index in [1.165, 1.54) is 9.21 Å². The Morgan fingerprint density at radius 3 is 2.13 bits per heavy atom. The molecular formula is C9H20N2O3S. The molecule has 15 heavy (non-hydrogen) atoms. The fraction of sp³-hybridized carbons (Fsp3) is 0.889. The molecule has 0 saturated heterocycles. The van der Waals surface area contributed by atoms with Gasteiger partial charge in [-0.2, -0.15) is 4.31 Å². The van der Waals surface area contributed by atoms with E-state index in [0.29, 0.717) is 6.54 Å². The van der Waals surface area contributed by atoms with Gasteiger partial charge in [-0.25, -0.2) is 8.42 Å². The maximum absolute atomic E-state index is 11.4.